The quantitative estimate of drug-likeness (QED) is 0.926. The van der Waals surface area contributed by atoms with Crippen LogP contribution in [-0.4, -0.2) is 18.4 Å². The Bertz CT molecular complexity index is 662. The molecular formula is C10H10BrN3O2S2. The first-order chi connectivity index (χ1) is 8.38. The number of thiophene rings is 1. The van der Waals surface area contributed by atoms with Crippen LogP contribution in [-0.2, 0) is 10.0 Å². The molecule has 0 saturated heterocycles. The summed E-state index contributed by atoms with van der Waals surface area (Å²) in [6.45, 7) is 3.57. The van der Waals surface area contributed by atoms with Crippen molar-refractivity contribution in [1.29, 1.82) is 0 Å². The normalized spacial score (nSPS) is 11.5. The van der Waals surface area contributed by atoms with E-state index in [1.165, 1.54) is 0 Å². The van der Waals surface area contributed by atoms with Gasteiger partial charge in [0.1, 0.15) is 0 Å². The maximum absolute atomic E-state index is 12.1. The molecule has 0 aliphatic carbocycles. The molecule has 1 N–H and O–H groups in total. The molecule has 0 amide bonds. The van der Waals surface area contributed by atoms with Gasteiger partial charge >= 0.3 is 0 Å². The van der Waals surface area contributed by atoms with E-state index in [9.17, 15) is 8.42 Å². The molecule has 0 saturated carbocycles. The molecule has 2 rings (SSSR count). The first-order valence-electron chi connectivity index (χ1n) is 4.96. The van der Waals surface area contributed by atoms with Crippen molar-refractivity contribution in [3.8, 4) is 0 Å². The van der Waals surface area contributed by atoms with Gasteiger partial charge < -0.3 is 0 Å². The summed E-state index contributed by atoms with van der Waals surface area (Å²) in [7, 11) is -3.64. The highest BCUT2D eigenvalue weighted by Gasteiger charge is 2.20. The van der Waals surface area contributed by atoms with Crippen molar-refractivity contribution in [2.24, 2.45) is 0 Å². The molecular weight excluding hydrogens is 338 g/mol. The second-order valence-electron chi connectivity index (χ2n) is 3.64. The molecule has 2 heterocycles. The minimum atomic E-state index is -3.64. The molecule has 5 nitrogen and oxygen atoms in total. The van der Waals surface area contributed by atoms with Gasteiger partial charge in [-0.05, 0) is 47.3 Å². The second kappa shape index (κ2) is 4.94. The summed E-state index contributed by atoms with van der Waals surface area (Å²) in [6.07, 6.45) is 0. The van der Waals surface area contributed by atoms with E-state index < -0.39 is 10.0 Å². The molecule has 8 heteroatoms. The number of anilines is 1. The smallest absolute Gasteiger partial charge is 0.246 e. The van der Waals surface area contributed by atoms with Crippen molar-refractivity contribution < 1.29 is 8.42 Å². The number of aryl methyl sites for hydroxylation is 2. The molecule has 0 aromatic carbocycles. The van der Waals surface area contributed by atoms with Crippen LogP contribution < -0.4 is 4.72 Å². The van der Waals surface area contributed by atoms with Crippen LogP contribution in [0.25, 0.3) is 0 Å². The Balaban J connectivity index is 2.37. The molecule has 18 heavy (non-hydrogen) atoms. The molecule has 2 aromatic rings. The Morgan fingerprint density at radius 2 is 1.89 bits per heavy atom. The average molecular weight is 348 g/mol. The van der Waals surface area contributed by atoms with Crippen molar-refractivity contribution in [2.75, 3.05) is 4.72 Å². The van der Waals surface area contributed by atoms with Crippen molar-refractivity contribution >= 4 is 43.2 Å². The molecule has 0 fully saturated rings. The fraction of sp³-hybridized carbons (Fsp3) is 0.200. The molecule has 0 spiro atoms. The molecule has 96 valence electrons. The lowest BCUT2D eigenvalue weighted by atomic mass is 10.4. The Labute approximate surface area is 117 Å². The molecule has 0 atom stereocenters. The fourth-order valence-electron chi connectivity index (χ4n) is 1.41. The first-order valence-corrected chi connectivity index (χ1v) is 8.12. The lowest BCUT2D eigenvalue weighted by Crippen LogP contribution is -2.15. The van der Waals surface area contributed by atoms with Crippen LogP contribution in [0.1, 0.15) is 11.4 Å². The summed E-state index contributed by atoms with van der Waals surface area (Å²) in [4.78, 5) is 8.09. The summed E-state index contributed by atoms with van der Waals surface area (Å²) in [5.41, 5.74) is 1.43. The summed E-state index contributed by atoms with van der Waals surface area (Å²) >= 11 is 4.33. The lowest BCUT2D eigenvalue weighted by Gasteiger charge is -2.06. The Kier molecular flexibility index (Phi) is 3.69. The van der Waals surface area contributed by atoms with Gasteiger partial charge in [-0.2, -0.15) is 0 Å². The number of nitrogens with zero attached hydrogens (tertiary/aromatic N) is 2. The van der Waals surface area contributed by atoms with E-state index in [4.69, 9.17) is 0 Å². The van der Waals surface area contributed by atoms with Crippen molar-refractivity contribution in [1.82, 2.24) is 9.97 Å². The van der Waals surface area contributed by atoms with Gasteiger partial charge in [-0.1, -0.05) is 0 Å². The third kappa shape index (κ3) is 2.88. The van der Waals surface area contributed by atoms with Crippen LogP contribution >= 0.6 is 27.3 Å². The average Bonchev–Trinajstić information content (AvgIpc) is 2.62. The van der Waals surface area contributed by atoms with E-state index in [1.807, 2.05) is 0 Å². The van der Waals surface area contributed by atoms with E-state index in [0.29, 0.717) is 15.9 Å². The molecule has 0 radical (unpaired) electrons. The zero-order chi connectivity index (χ0) is 13.3. The Hall–Kier alpha value is -0.990. The molecule has 0 unspecified atom stereocenters. The highest BCUT2D eigenvalue weighted by molar-refractivity contribution is 9.10. The van der Waals surface area contributed by atoms with Crippen LogP contribution in [0.5, 0.6) is 0 Å². The summed E-state index contributed by atoms with van der Waals surface area (Å²) in [6, 6.07) is 3.46. The maximum Gasteiger partial charge on any atom is 0.274 e. The number of nitrogens with one attached hydrogen (secondary N) is 1. The Morgan fingerprint density at radius 3 is 2.39 bits per heavy atom. The van der Waals surface area contributed by atoms with E-state index in [0.717, 1.165) is 11.3 Å². The molecule has 2 aromatic heterocycles. The van der Waals surface area contributed by atoms with Gasteiger partial charge in [-0.15, -0.1) is 11.3 Å². The third-order valence-electron chi connectivity index (χ3n) is 2.04. The maximum atomic E-state index is 12.1. The minimum absolute atomic E-state index is 0.0906. The van der Waals surface area contributed by atoms with E-state index in [1.54, 1.807) is 31.4 Å². The summed E-state index contributed by atoms with van der Waals surface area (Å²) in [5, 5.41) is 1.70. The van der Waals surface area contributed by atoms with Gasteiger partial charge in [0.25, 0.3) is 10.0 Å². The lowest BCUT2D eigenvalue weighted by molar-refractivity contribution is 0.602. The molecule has 0 aliphatic heterocycles. The van der Waals surface area contributed by atoms with Crippen LogP contribution in [0.4, 0.5) is 5.95 Å². The van der Waals surface area contributed by atoms with Gasteiger partial charge in [-0.3, -0.25) is 0 Å². The van der Waals surface area contributed by atoms with Gasteiger partial charge in [0.2, 0.25) is 5.95 Å². The minimum Gasteiger partial charge on any atom is -0.246 e. The standard InChI is InChI=1S/C10H10BrN3O2S2/c1-6-5-7(2)13-10(12-6)14-18(15,16)9-8(11)3-4-17-9/h3-5H,1-2H3,(H,12,13,14). The monoisotopic (exact) mass is 347 g/mol. The van der Waals surface area contributed by atoms with E-state index >= 15 is 0 Å². The summed E-state index contributed by atoms with van der Waals surface area (Å²) < 4.78 is 27.3. The van der Waals surface area contributed by atoms with Crippen LogP contribution in [0.2, 0.25) is 0 Å². The number of rotatable bonds is 3. The number of hydrogen-bond donors (Lipinski definition) is 1. The van der Waals surface area contributed by atoms with Gasteiger partial charge in [-0.25, -0.2) is 23.1 Å². The largest absolute Gasteiger partial charge is 0.274 e. The number of aromatic nitrogens is 2. The molecule has 0 aliphatic rings. The first kappa shape index (κ1) is 13.4. The zero-order valence-corrected chi connectivity index (χ0v) is 12.9. The second-order valence-corrected chi connectivity index (χ2v) is 7.28. The van der Waals surface area contributed by atoms with Crippen LogP contribution in [0.15, 0.2) is 26.2 Å². The predicted molar refractivity (Wildman–Crippen MR) is 74.3 cm³/mol. The highest BCUT2D eigenvalue weighted by atomic mass is 79.9. The number of sulfonamides is 1. The van der Waals surface area contributed by atoms with Crippen molar-refractivity contribution in [3.63, 3.8) is 0 Å². The van der Waals surface area contributed by atoms with Crippen LogP contribution in [0.3, 0.4) is 0 Å². The number of halogens is 1. The van der Waals surface area contributed by atoms with Gasteiger partial charge in [0.05, 0.1) is 0 Å². The number of hydrogen-bond acceptors (Lipinski definition) is 5. The van der Waals surface area contributed by atoms with Crippen molar-refractivity contribution in [2.45, 2.75) is 18.1 Å². The van der Waals surface area contributed by atoms with Gasteiger partial charge in [0.15, 0.2) is 4.21 Å². The fourth-order valence-corrected chi connectivity index (χ4v) is 4.69. The topological polar surface area (TPSA) is 72.0 Å². The zero-order valence-electron chi connectivity index (χ0n) is 9.64. The SMILES string of the molecule is Cc1cc(C)nc(NS(=O)(=O)c2sccc2Br)n1. The predicted octanol–water partition coefficient (Wildman–Crippen LogP) is 2.72. The van der Waals surface area contributed by atoms with Crippen LogP contribution in [0, 0.1) is 13.8 Å². The van der Waals surface area contributed by atoms with Gasteiger partial charge in [0, 0.05) is 15.9 Å². The summed E-state index contributed by atoms with van der Waals surface area (Å²) in [5.74, 6) is 0.0906. The third-order valence-corrected chi connectivity index (χ3v) is 6.03. The van der Waals surface area contributed by atoms with Crippen molar-refractivity contribution in [3.05, 3.63) is 33.4 Å². The highest BCUT2D eigenvalue weighted by Crippen LogP contribution is 2.28. The molecule has 0 bridgehead atoms. The van der Waals surface area contributed by atoms with E-state index in [-0.39, 0.29) is 10.2 Å². The Morgan fingerprint density at radius 1 is 1.28 bits per heavy atom. The van der Waals surface area contributed by atoms with E-state index in [2.05, 4.69) is 30.6 Å².